The van der Waals surface area contributed by atoms with Gasteiger partial charge in [0.2, 0.25) is 0 Å². The highest BCUT2D eigenvalue weighted by molar-refractivity contribution is 5.43. The maximum absolute atomic E-state index is 9.86. The predicted molar refractivity (Wildman–Crippen MR) is 83.9 cm³/mol. The van der Waals surface area contributed by atoms with Crippen LogP contribution in [-0.4, -0.2) is 64.5 Å². The van der Waals surface area contributed by atoms with Gasteiger partial charge in [0.05, 0.1) is 45.7 Å². The molecule has 1 aromatic carbocycles. The Bertz CT molecular complexity index is 456. The van der Waals surface area contributed by atoms with E-state index in [1.165, 1.54) is 0 Å². The summed E-state index contributed by atoms with van der Waals surface area (Å²) in [5.41, 5.74) is 6.19. The normalized spacial score (nSPS) is 19.4. The summed E-state index contributed by atoms with van der Waals surface area (Å²) < 4.78 is 27.6. The highest BCUT2D eigenvalue weighted by atomic mass is 16.6. The number of aliphatic hydroxyl groups excluding tert-OH is 1. The Morgan fingerprint density at radius 1 is 0.826 bits per heavy atom. The summed E-state index contributed by atoms with van der Waals surface area (Å²) in [6, 6.07) is 5.29. The maximum Gasteiger partial charge on any atom is 0.161 e. The number of aliphatic hydroxyl groups is 1. The van der Waals surface area contributed by atoms with Gasteiger partial charge in [0.15, 0.2) is 11.5 Å². The van der Waals surface area contributed by atoms with Crippen LogP contribution in [0.5, 0.6) is 11.5 Å². The molecule has 2 rings (SSSR count). The number of rotatable bonds is 2. The fourth-order valence-electron chi connectivity index (χ4n) is 2.06. The summed E-state index contributed by atoms with van der Waals surface area (Å²) in [5, 5.41) is 9.86. The van der Waals surface area contributed by atoms with Crippen LogP contribution in [0, 0.1) is 0 Å². The average Bonchev–Trinajstić information content (AvgIpc) is 2.59. The summed E-state index contributed by atoms with van der Waals surface area (Å²) in [6.45, 7) is 3.96. The molecular weight excluding hydrogens is 302 g/mol. The molecule has 3 N–H and O–H groups in total. The van der Waals surface area contributed by atoms with Crippen molar-refractivity contribution in [3.63, 3.8) is 0 Å². The molecule has 0 aromatic heterocycles. The number of ether oxygens (including phenoxy) is 5. The Morgan fingerprint density at radius 3 is 1.91 bits per heavy atom. The third-order valence-corrected chi connectivity index (χ3v) is 3.29. The predicted octanol–water partition coefficient (Wildman–Crippen LogP) is 0.500. The van der Waals surface area contributed by atoms with Crippen LogP contribution in [0.15, 0.2) is 18.2 Å². The Hall–Kier alpha value is -1.38. The molecule has 1 aliphatic rings. The number of hydrogen-bond acceptors (Lipinski definition) is 7. The quantitative estimate of drug-likeness (QED) is 0.817. The van der Waals surface area contributed by atoms with Gasteiger partial charge in [-0.2, -0.15) is 0 Å². The van der Waals surface area contributed by atoms with Gasteiger partial charge in [-0.15, -0.1) is 0 Å². The van der Waals surface area contributed by atoms with Crippen molar-refractivity contribution < 1.29 is 28.8 Å². The largest absolute Gasteiger partial charge is 0.487 e. The molecule has 7 nitrogen and oxygen atoms in total. The standard InChI is InChI=1S/C16H25NO6/c17-12-14(18)13-1-2-15-16(11-13)23-10-8-21-6-4-19-3-5-20-7-9-22-15/h1-2,11,14,18H,3-10,12,17H2. The van der Waals surface area contributed by atoms with E-state index in [0.29, 0.717) is 69.9 Å². The molecule has 7 heteroatoms. The number of hydrogen-bond donors (Lipinski definition) is 2. The maximum atomic E-state index is 9.86. The Labute approximate surface area is 136 Å². The van der Waals surface area contributed by atoms with Crippen LogP contribution in [0.2, 0.25) is 0 Å². The molecule has 1 unspecified atom stereocenters. The van der Waals surface area contributed by atoms with Crippen molar-refractivity contribution in [1.29, 1.82) is 0 Å². The van der Waals surface area contributed by atoms with Crippen molar-refractivity contribution in [1.82, 2.24) is 0 Å². The van der Waals surface area contributed by atoms with E-state index >= 15 is 0 Å². The number of fused-ring (bicyclic) bond motifs is 1. The summed E-state index contributed by atoms with van der Waals surface area (Å²) in [5.74, 6) is 1.16. The average molecular weight is 327 g/mol. The summed E-state index contributed by atoms with van der Waals surface area (Å²) in [4.78, 5) is 0. The van der Waals surface area contributed by atoms with E-state index in [9.17, 15) is 5.11 Å². The topological polar surface area (TPSA) is 92.4 Å². The number of nitrogens with two attached hydrogens (primary N) is 1. The van der Waals surface area contributed by atoms with Gasteiger partial charge in [-0.25, -0.2) is 0 Å². The van der Waals surface area contributed by atoms with Gasteiger partial charge in [-0.1, -0.05) is 6.07 Å². The van der Waals surface area contributed by atoms with Crippen molar-refractivity contribution in [3.8, 4) is 11.5 Å². The fourth-order valence-corrected chi connectivity index (χ4v) is 2.06. The monoisotopic (exact) mass is 327 g/mol. The van der Waals surface area contributed by atoms with E-state index < -0.39 is 6.10 Å². The minimum absolute atomic E-state index is 0.149. The van der Waals surface area contributed by atoms with Crippen LogP contribution in [0.1, 0.15) is 11.7 Å². The molecular formula is C16H25NO6. The van der Waals surface area contributed by atoms with Gasteiger partial charge in [0.25, 0.3) is 0 Å². The van der Waals surface area contributed by atoms with Crippen molar-refractivity contribution in [2.45, 2.75) is 6.10 Å². The zero-order chi connectivity index (χ0) is 16.3. The Morgan fingerprint density at radius 2 is 1.35 bits per heavy atom. The zero-order valence-electron chi connectivity index (χ0n) is 13.2. The first-order chi connectivity index (χ1) is 11.3. The van der Waals surface area contributed by atoms with Crippen LogP contribution < -0.4 is 15.2 Å². The second kappa shape index (κ2) is 10.4. The molecule has 0 aliphatic carbocycles. The minimum atomic E-state index is -0.725. The third kappa shape index (κ3) is 6.32. The van der Waals surface area contributed by atoms with Gasteiger partial charge < -0.3 is 34.5 Å². The first-order valence-electron chi connectivity index (χ1n) is 7.82. The Balaban J connectivity index is 2.02. The lowest BCUT2D eigenvalue weighted by molar-refractivity contribution is 0.00708. The molecule has 0 amide bonds. The van der Waals surface area contributed by atoms with Gasteiger partial charge >= 0.3 is 0 Å². The second-order valence-corrected chi connectivity index (χ2v) is 4.99. The molecule has 23 heavy (non-hydrogen) atoms. The zero-order valence-corrected chi connectivity index (χ0v) is 13.2. The van der Waals surface area contributed by atoms with Crippen molar-refractivity contribution >= 4 is 0 Å². The number of benzene rings is 1. The molecule has 1 atom stereocenters. The van der Waals surface area contributed by atoms with Crippen LogP contribution >= 0.6 is 0 Å². The third-order valence-electron chi connectivity index (χ3n) is 3.29. The van der Waals surface area contributed by atoms with Gasteiger partial charge in [0, 0.05) is 6.54 Å². The molecule has 1 aliphatic heterocycles. The van der Waals surface area contributed by atoms with Gasteiger partial charge in [0.1, 0.15) is 13.2 Å². The van der Waals surface area contributed by atoms with E-state index in [1.54, 1.807) is 18.2 Å². The lowest BCUT2D eigenvalue weighted by atomic mass is 10.1. The molecule has 1 aromatic rings. The highest BCUT2D eigenvalue weighted by Gasteiger charge is 2.12. The van der Waals surface area contributed by atoms with Gasteiger partial charge in [-0.3, -0.25) is 0 Å². The van der Waals surface area contributed by atoms with E-state index in [4.69, 9.17) is 29.4 Å². The lowest BCUT2D eigenvalue weighted by Crippen LogP contribution is -2.13. The first-order valence-corrected chi connectivity index (χ1v) is 7.82. The van der Waals surface area contributed by atoms with E-state index in [1.807, 2.05) is 0 Å². The van der Waals surface area contributed by atoms with E-state index in [-0.39, 0.29) is 6.54 Å². The van der Waals surface area contributed by atoms with Crippen LogP contribution in [0.4, 0.5) is 0 Å². The van der Waals surface area contributed by atoms with Crippen LogP contribution in [0.3, 0.4) is 0 Å². The Kier molecular flexibility index (Phi) is 8.13. The lowest BCUT2D eigenvalue weighted by Gasteiger charge is -2.16. The van der Waals surface area contributed by atoms with Crippen molar-refractivity contribution in [3.05, 3.63) is 23.8 Å². The minimum Gasteiger partial charge on any atom is -0.487 e. The van der Waals surface area contributed by atoms with Crippen molar-refractivity contribution in [2.75, 3.05) is 59.4 Å². The smallest absolute Gasteiger partial charge is 0.161 e. The van der Waals surface area contributed by atoms with Crippen molar-refractivity contribution in [2.24, 2.45) is 5.73 Å². The molecule has 1 heterocycles. The van der Waals surface area contributed by atoms with Crippen LogP contribution in [0.25, 0.3) is 0 Å². The highest BCUT2D eigenvalue weighted by Crippen LogP contribution is 2.30. The van der Waals surface area contributed by atoms with Crippen LogP contribution in [-0.2, 0) is 14.2 Å². The van der Waals surface area contributed by atoms with E-state index in [0.717, 1.165) is 0 Å². The van der Waals surface area contributed by atoms with E-state index in [2.05, 4.69) is 0 Å². The SMILES string of the molecule is NCC(O)c1ccc2c(c1)OCCOCCOCCOCCO2. The molecule has 0 spiro atoms. The molecule has 0 fully saturated rings. The molecule has 0 bridgehead atoms. The summed E-state index contributed by atoms with van der Waals surface area (Å²) in [6.07, 6.45) is -0.725. The summed E-state index contributed by atoms with van der Waals surface area (Å²) in [7, 11) is 0. The molecule has 0 saturated heterocycles. The molecule has 130 valence electrons. The second-order valence-electron chi connectivity index (χ2n) is 4.99. The fraction of sp³-hybridized carbons (Fsp3) is 0.625. The van der Waals surface area contributed by atoms with Gasteiger partial charge in [-0.05, 0) is 17.7 Å². The molecule has 0 radical (unpaired) electrons. The first kappa shape index (κ1) is 18.0. The molecule has 0 saturated carbocycles. The summed E-state index contributed by atoms with van der Waals surface area (Å²) >= 11 is 0.